The first-order valence-corrected chi connectivity index (χ1v) is 10.2. The summed E-state index contributed by atoms with van der Waals surface area (Å²) >= 11 is 0. The van der Waals surface area contributed by atoms with Crippen molar-refractivity contribution in [2.75, 3.05) is 13.2 Å². The van der Waals surface area contributed by atoms with E-state index in [-0.39, 0.29) is 42.5 Å². The van der Waals surface area contributed by atoms with E-state index in [4.69, 9.17) is 4.74 Å². The van der Waals surface area contributed by atoms with Crippen LogP contribution in [0.15, 0.2) is 55.1 Å². The second-order valence-corrected chi connectivity index (χ2v) is 7.81. The van der Waals surface area contributed by atoms with Crippen LogP contribution in [0.25, 0.3) is 6.08 Å². The number of likely N-dealkylation sites (tertiary alicyclic amines) is 1. The van der Waals surface area contributed by atoms with Gasteiger partial charge >= 0.3 is 0 Å². The van der Waals surface area contributed by atoms with Gasteiger partial charge < -0.3 is 20.1 Å². The van der Waals surface area contributed by atoms with Crippen LogP contribution < -0.4 is 5.32 Å². The van der Waals surface area contributed by atoms with Crippen LogP contribution in [0.1, 0.15) is 27.9 Å². The molecule has 160 valence electrons. The van der Waals surface area contributed by atoms with Gasteiger partial charge in [0.15, 0.2) is 5.78 Å². The van der Waals surface area contributed by atoms with Crippen molar-refractivity contribution in [2.45, 2.75) is 31.0 Å². The fourth-order valence-electron chi connectivity index (χ4n) is 4.17. The van der Waals surface area contributed by atoms with Gasteiger partial charge in [0.25, 0.3) is 5.91 Å². The van der Waals surface area contributed by atoms with Crippen molar-refractivity contribution in [2.24, 2.45) is 0 Å². The van der Waals surface area contributed by atoms with Gasteiger partial charge in [0, 0.05) is 18.5 Å². The molecule has 0 spiro atoms. The third-order valence-corrected chi connectivity index (χ3v) is 5.76. The molecule has 0 aliphatic carbocycles. The van der Waals surface area contributed by atoms with Gasteiger partial charge in [0.1, 0.15) is 24.4 Å². The molecule has 0 bridgehead atoms. The van der Waals surface area contributed by atoms with Crippen molar-refractivity contribution in [3.8, 4) is 5.75 Å². The first-order chi connectivity index (χ1) is 15.0. The summed E-state index contributed by atoms with van der Waals surface area (Å²) in [7, 11) is 0. The summed E-state index contributed by atoms with van der Waals surface area (Å²) < 4.78 is 5.48. The van der Waals surface area contributed by atoms with E-state index < -0.39 is 12.1 Å². The summed E-state index contributed by atoms with van der Waals surface area (Å²) in [5, 5.41) is 12.6. The molecule has 3 unspecified atom stereocenters. The lowest BCUT2D eigenvalue weighted by Crippen LogP contribution is -2.53. The molecule has 3 atom stereocenters. The van der Waals surface area contributed by atoms with E-state index in [1.807, 2.05) is 0 Å². The number of hydrogen-bond acceptors (Lipinski definition) is 5. The molecule has 2 aliphatic heterocycles. The fraction of sp³-hybridized carbons (Fsp3) is 0.292. The number of ether oxygens (including phenoxy) is 1. The number of amides is 2. The molecule has 4 rings (SSSR count). The van der Waals surface area contributed by atoms with Crippen molar-refractivity contribution >= 4 is 23.7 Å². The highest BCUT2D eigenvalue weighted by Gasteiger charge is 2.48. The first-order valence-electron chi connectivity index (χ1n) is 10.2. The summed E-state index contributed by atoms with van der Waals surface area (Å²) in [6.45, 7) is 4.11. The largest absolute Gasteiger partial charge is 0.508 e. The highest BCUT2D eigenvalue weighted by Crippen LogP contribution is 2.28. The molecule has 7 nitrogen and oxygen atoms in total. The van der Waals surface area contributed by atoms with Gasteiger partial charge in [-0.05, 0) is 41.8 Å². The predicted molar refractivity (Wildman–Crippen MR) is 114 cm³/mol. The summed E-state index contributed by atoms with van der Waals surface area (Å²) in [6, 6.07) is 12.0. The second kappa shape index (κ2) is 8.73. The predicted octanol–water partition coefficient (Wildman–Crippen LogP) is 1.95. The Morgan fingerprint density at radius 2 is 2.03 bits per heavy atom. The highest BCUT2D eigenvalue weighted by atomic mass is 16.5. The number of fused-ring (bicyclic) bond motifs is 1. The first kappa shape index (κ1) is 20.8. The van der Waals surface area contributed by atoms with Crippen molar-refractivity contribution in [1.82, 2.24) is 10.2 Å². The minimum absolute atomic E-state index is 0.0123. The molecule has 2 amide bonds. The number of rotatable bonds is 6. The van der Waals surface area contributed by atoms with Crippen molar-refractivity contribution in [3.05, 3.63) is 71.8 Å². The average molecular weight is 420 g/mol. The average Bonchev–Trinajstić information content (AvgIpc) is 3.36. The maximum atomic E-state index is 13.4. The van der Waals surface area contributed by atoms with E-state index in [9.17, 15) is 19.5 Å². The molecule has 0 saturated carbocycles. The molecule has 0 radical (unpaired) electrons. The SMILES string of the molecule is C=Cc1ccc(C(=O)NC(Cc2cccc(O)c2)C(=O)N2CCC3OCC(=O)C32)cc1. The quantitative estimate of drug-likeness (QED) is 0.745. The Bertz CT molecular complexity index is 1020. The van der Waals surface area contributed by atoms with E-state index in [0.717, 1.165) is 5.56 Å². The molecule has 7 heteroatoms. The van der Waals surface area contributed by atoms with E-state index in [0.29, 0.717) is 24.1 Å². The Morgan fingerprint density at radius 1 is 1.26 bits per heavy atom. The van der Waals surface area contributed by atoms with Crippen LogP contribution in [-0.4, -0.2) is 58.9 Å². The molecule has 2 saturated heterocycles. The Labute approximate surface area is 180 Å². The standard InChI is InChI=1S/C24H24N2O5/c1-2-15-6-8-17(9-7-15)23(29)25-19(13-16-4-3-5-18(27)12-16)24(30)26-11-10-21-22(26)20(28)14-31-21/h2-9,12,19,21-22,27H,1,10-11,13-14H2,(H,25,29). The highest BCUT2D eigenvalue weighted by molar-refractivity contribution is 5.99. The number of Topliss-reactive ketones (excluding diaryl/α,β-unsaturated/α-hetero) is 1. The number of ketones is 1. The van der Waals surface area contributed by atoms with Crippen LogP contribution in [0.3, 0.4) is 0 Å². The lowest BCUT2D eigenvalue weighted by Gasteiger charge is -2.27. The van der Waals surface area contributed by atoms with Crippen LogP contribution in [-0.2, 0) is 20.7 Å². The Morgan fingerprint density at radius 3 is 2.74 bits per heavy atom. The molecule has 2 aromatic rings. The zero-order valence-corrected chi connectivity index (χ0v) is 17.0. The lowest BCUT2D eigenvalue weighted by molar-refractivity contribution is -0.138. The number of aromatic hydroxyl groups is 1. The number of benzene rings is 2. The number of carbonyl (C=O) groups excluding carboxylic acids is 3. The monoisotopic (exact) mass is 420 g/mol. The molecular formula is C24H24N2O5. The summed E-state index contributed by atoms with van der Waals surface area (Å²) in [5.41, 5.74) is 2.00. The van der Waals surface area contributed by atoms with Gasteiger partial charge in [-0.25, -0.2) is 0 Å². The van der Waals surface area contributed by atoms with Crippen LogP contribution in [0, 0.1) is 0 Å². The van der Waals surface area contributed by atoms with E-state index >= 15 is 0 Å². The number of phenols is 1. The maximum absolute atomic E-state index is 13.4. The molecular weight excluding hydrogens is 396 g/mol. The van der Waals surface area contributed by atoms with Crippen LogP contribution in [0.4, 0.5) is 0 Å². The molecule has 0 aromatic heterocycles. The molecule has 2 aliphatic rings. The summed E-state index contributed by atoms with van der Waals surface area (Å²) in [5.74, 6) is -0.751. The number of phenolic OH excluding ortho intramolecular Hbond substituents is 1. The Balaban J connectivity index is 1.57. The number of carbonyl (C=O) groups is 3. The van der Waals surface area contributed by atoms with Crippen molar-refractivity contribution < 1.29 is 24.2 Å². The Kier molecular flexibility index (Phi) is 5.86. The minimum atomic E-state index is -0.888. The number of hydrogen-bond donors (Lipinski definition) is 2. The summed E-state index contributed by atoms with van der Waals surface area (Å²) in [4.78, 5) is 40.1. The normalized spacial score (nSPS) is 20.9. The van der Waals surface area contributed by atoms with Gasteiger partial charge in [-0.3, -0.25) is 14.4 Å². The third kappa shape index (κ3) is 4.36. The van der Waals surface area contributed by atoms with Gasteiger partial charge in [-0.15, -0.1) is 0 Å². The van der Waals surface area contributed by atoms with Crippen molar-refractivity contribution in [3.63, 3.8) is 0 Å². The van der Waals surface area contributed by atoms with Crippen LogP contribution in [0.5, 0.6) is 5.75 Å². The van der Waals surface area contributed by atoms with Gasteiger partial charge in [0.05, 0.1) is 6.10 Å². The van der Waals surface area contributed by atoms with Gasteiger partial charge in [-0.1, -0.05) is 36.9 Å². The van der Waals surface area contributed by atoms with Crippen LogP contribution >= 0.6 is 0 Å². The smallest absolute Gasteiger partial charge is 0.251 e. The van der Waals surface area contributed by atoms with Gasteiger partial charge in [0.2, 0.25) is 5.91 Å². The second-order valence-electron chi connectivity index (χ2n) is 7.81. The summed E-state index contributed by atoms with van der Waals surface area (Å²) in [6.07, 6.45) is 2.19. The minimum Gasteiger partial charge on any atom is -0.508 e. The zero-order valence-electron chi connectivity index (χ0n) is 17.0. The van der Waals surface area contributed by atoms with Crippen molar-refractivity contribution in [1.29, 1.82) is 0 Å². The van der Waals surface area contributed by atoms with E-state index in [1.165, 1.54) is 4.90 Å². The Hall–Kier alpha value is -3.45. The van der Waals surface area contributed by atoms with Crippen LogP contribution in [0.2, 0.25) is 0 Å². The number of nitrogens with zero attached hydrogens (tertiary/aromatic N) is 1. The molecule has 2 N–H and O–H groups in total. The maximum Gasteiger partial charge on any atom is 0.251 e. The zero-order chi connectivity index (χ0) is 22.0. The molecule has 2 aromatic carbocycles. The van der Waals surface area contributed by atoms with E-state index in [2.05, 4.69) is 11.9 Å². The fourth-order valence-corrected chi connectivity index (χ4v) is 4.17. The topological polar surface area (TPSA) is 95.9 Å². The molecule has 2 fully saturated rings. The molecule has 31 heavy (non-hydrogen) atoms. The lowest BCUT2D eigenvalue weighted by atomic mass is 10.0. The van der Waals surface area contributed by atoms with Gasteiger partial charge in [-0.2, -0.15) is 0 Å². The number of nitrogens with one attached hydrogen (secondary N) is 1. The van der Waals surface area contributed by atoms with E-state index in [1.54, 1.807) is 54.6 Å². The third-order valence-electron chi connectivity index (χ3n) is 5.76. The molecule has 2 heterocycles.